The van der Waals surface area contributed by atoms with Gasteiger partial charge in [-0.05, 0) is 13.3 Å². The number of carboxylic acid groups (broad SMARTS) is 1. The number of amides is 1. The number of halogens is 2. The van der Waals surface area contributed by atoms with E-state index in [-0.39, 0.29) is 31.4 Å². The van der Waals surface area contributed by atoms with Gasteiger partial charge in [0.15, 0.2) is 0 Å². The van der Waals surface area contributed by atoms with Crippen LogP contribution in [0.4, 0.5) is 8.78 Å². The molecule has 0 aliphatic heterocycles. The first-order valence-electron chi connectivity index (χ1n) is 5.29. The highest BCUT2D eigenvalue weighted by Gasteiger charge is 2.09. The summed E-state index contributed by atoms with van der Waals surface area (Å²) in [7, 11) is 0. The quantitative estimate of drug-likeness (QED) is 0.602. The summed E-state index contributed by atoms with van der Waals surface area (Å²) in [6.45, 7) is 0.935. The predicted octanol–water partition coefficient (Wildman–Crippen LogP) is 1.03. The number of nitrogens with one attached hydrogen (secondary N) is 1. The average molecular weight is 253 g/mol. The van der Waals surface area contributed by atoms with E-state index in [4.69, 9.17) is 5.11 Å². The van der Waals surface area contributed by atoms with Crippen molar-refractivity contribution in [3.05, 3.63) is 0 Å². The molecule has 0 aromatic heterocycles. The highest BCUT2D eigenvalue weighted by atomic mass is 19.3. The Morgan fingerprint density at radius 3 is 2.53 bits per heavy atom. The molecule has 0 bridgehead atoms. The molecule has 0 rings (SSSR count). The zero-order chi connectivity index (χ0) is 13.3. The van der Waals surface area contributed by atoms with Crippen molar-refractivity contribution >= 4 is 11.9 Å². The maximum atomic E-state index is 11.7. The van der Waals surface area contributed by atoms with Gasteiger partial charge in [-0.3, -0.25) is 9.59 Å². The predicted molar refractivity (Wildman–Crippen MR) is 55.9 cm³/mol. The van der Waals surface area contributed by atoms with Crippen molar-refractivity contribution < 1.29 is 28.2 Å². The highest BCUT2D eigenvalue weighted by Crippen LogP contribution is 1.98. The van der Waals surface area contributed by atoms with Crippen LogP contribution in [-0.2, 0) is 14.3 Å². The second kappa shape index (κ2) is 8.86. The maximum Gasteiger partial charge on any atom is 0.303 e. The molecule has 0 saturated carbocycles. The Balaban J connectivity index is 3.53. The Morgan fingerprint density at radius 2 is 2.00 bits per heavy atom. The van der Waals surface area contributed by atoms with Gasteiger partial charge in [0.05, 0.1) is 6.61 Å². The Labute approximate surface area is 98.1 Å². The fourth-order valence-corrected chi connectivity index (χ4v) is 1.10. The number of hydrogen-bond acceptors (Lipinski definition) is 3. The van der Waals surface area contributed by atoms with Gasteiger partial charge < -0.3 is 15.2 Å². The number of aliphatic carboxylic acids is 1. The van der Waals surface area contributed by atoms with Crippen molar-refractivity contribution in [3.8, 4) is 0 Å². The van der Waals surface area contributed by atoms with Gasteiger partial charge in [0.25, 0.3) is 6.43 Å². The van der Waals surface area contributed by atoms with Gasteiger partial charge in [0.1, 0.15) is 6.61 Å². The molecule has 17 heavy (non-hydrogen) atoms. The Bertz CT molecular complexity index is 248. The number of rotatable bonds is 9. The molecule has 0 saturated heterocycles. The minimum atomic E-state index is -2.53. The van der Waals surface area contributed by atoms with Gasteiger partial charge in [-0.15, -0.1) is 0 Å². The number of carboxylic acids is 1. The van der Waals surface area contributed by atoms with Crippen molar-refractivity contribution in [1.82, 2.24) is 5.32 Å². The van der Waals surface area contributed by atoms with E-state index in [0.717, 1.165) is 0 Å². The molecule has 0 fully saturated rings. The minimum absolute atomic E-state index is 0.00979. The normalized spacial score (nSPS) is 12.5. The summed E-state index contributed by atoms with van der Waals surface area (Å²) in [6, 6.07) is -0.256. The standard InChI is InChI=1S/C10H17F2NO4/c1-7(2-3-10(15)16)13-9(14)4-5-17-6-8(11)12/h7-8H,2-6H2,1H3,(H,13,14)(H,15,16). The lowest BCUT2D eigenvalue weighted by Gasteiger charge is -2.12. The monoisotopic (exact) mass is 253 g/mol. The average Bonchev–Trinajstić information content (AvgIpc) is 2.21. The lowest BCUT2D eigenvalue weighted by Crippen LogP contribution is -2.33. The van der Waals surface area contributed by atoms with Crippen molar-refractivity contribution in [2.24, 2.45) is 0 Å². The summed E-state index contributed by atoms with van der Waals surface area (Å²) in [5.41, 5.74) is 0. The molecule has 0 spiro atoms. The second-order valence-corrected chi connectivity index (χ2v) is 3.62. The Morgan fingerprint density at radius 1 is 1.35 bits per heavy atom. The topological polar surface area (TPSA) is 75.6 Å². The minimum Gasteiger partial charge on any atom is -0.481 e. The van der Waals surface area contributed by atoms with Crippen LogP contribution in [0.1, 0.15) is 26.2 Å². The molecule has 0 aromatic rings. The molecule has 5 nitrogen and oxygen atoms in total. The van der Waals surface area contributed by atoms with Gasteiger partial charge in [-0.1, -0.05) is 0 Å². The van der Waals surface area contributed by atoms with Gasteiger partial charge >= 0.3 is 5.97 Å². The molecule has 100 valence electrons. The lowest BCUT2D eigenvalue weighted by molar-refractivity contribution is -0.137. The second-order valence-electron chi connectivity index (χ2n) is 3.62. The number of alkyl halides is 2. The van der Waals surface area contributed by atoms with Crippen LogP contribution in [0.2, 0.25) is 0 Å². The van der Waals surface area contributed by atoms with Crippen molar-refractivity contribution in [2.75, 3.05) is 13.2 Å². The van der Waals surface area contributed by atoms with Gasteiger partial charge in [-0.25, -0.2) is 8.78 Å². The third kappa shape index (κ3) is 11.0. The summed E-state index contributed by atoms with van der Waals surface area (Å²) < 4.78 is 27.9. The van der Waals surface area contributed by atoms with Crippen LogP contribution in [0.3, 0.4) is 0 Å². The molecule has 0 radical (unpaired) electrons. The summed E-state index contributed by atoms with van der Waals surface area (Å²) in [4.78, 5) is 21.5. The molecular formula is C10H17F2NO4. The van der Waals surface area contributed by atoms with Gasteiger partial charge in [0, 0.05) is 18.9 Å². The first-order chi connectivity index (χ1) is 7.91. The zero-order valence-corrected chi connectivity index (χ0v) is 9.62. The Kier molecular flexibility index (Phi) is 8.21. The molecule has 0 aliphatic carbocycles. The van der Waals surface area contributed by atoms with E-state index in [9.17, 15) is 18.4 Å². The van der Waals surface area contributed by atoms with Crippen molar-refractivity contribution in [3.63, 3.8) is 0 Å². The molecule has 1 unspecified atom stereocenters. The van der Waals surface area contributed by atoms with E-state index in [1.54, 1.807) is 6.92 Å². The van der Waals surface area contributed by atoms with E-state index in [1.165, 1.54) is 0 Å². The fourth-order valence-electron chi connectivity index (χ4n) is 1.10. The van der Waals surface area contributed by atoms with Gasteiger partial charge in [-0.2, -0.15) is 0 Å². The van der Waals surface area contributed by atoms with Crippen LogP contribution in [0.5, 0.6) is 0 Å². The van der Waals surface area contributed by atoms with Crippen molar-refractivity contribution in [2.45, 2.75) is 38.7 Å². The molecular weight excluding hydrogens is 236 g/mol. The third-order valence-electron chi connectivity index (χ3n) is 1.92. The van der Waals surface area contributed by atoms with Crippen LogP contribution < -0.4 is 5.32 Å². The Hall–Kier alpha value is -1.24. The van der Waals surface area contributed by atoms with Crippen molar-refractivity contribution in [1.29, 1.82) is 0 Å². The summed E-state index contributed by atoms with van der Waals surface area (Å²) in [5.74, 6) is -1.26. The first-order valence-corrected chi connectivity index (χ1v) is 5.29. The van der Waals surface area contributed by atoms with E-state index >= 15 is 0 Å². The highest BCUT2D eigenvalue weighted by molar-refractivity contribution is 5.76. The number of carbonyl (C=O) groups excluding carboxylic acids is 1. The maximum absolute atomic E-state index is 11.7. The number of carbonyl (C=O) groups is 2. The molecule has 2 N–H and O–H groups in total. The SMILES string of the molecule is CC(CCC(=O)O)NC(=O)CCOCC(F)F. The smallest absolute Gasteiger partial charge is 0.303 e. The molecule has 0 heterocycles. The summed E-state index contributed by atoms with van der Waals surface area (Å²) >= 11 is 0. The molecule has 0 aromatic carbocycles. The molecule has 0 aliphatic rings. The van der Waals surface area contributed by atoms with E-state index in [1.807, 2.05) is 0 Å². The third-order valence-corrected chi connectivity index (χ3v) is 1.92. The fraction of sp³-hybridized carbons (Fsp3) is 0.800. The van der Waals surface area contributed by atoms with Crippen LogP contribution in [0.15, 0.2) is 0 Å². The van der Waals surface area contributed by atoms with E-state index < -0.39 is 19.0 Å². The number of ether oxygens (including phenoxy) is 1. The largest absolute Gasteiger partial charge is 0.481 e. The van der Waals surface area contributed by atoms with E-state index in [2.05, 4.69) is 10.1 Å². The first kappa shape index (κ1) is 15.8. The van der Waals surface area contributed by atoms with Crippen LogP contribution >= 0.6 is 0 Å². The van der Waals surface area contributed by atoms with Crippen LogP contribution in [0, 0.1) is 0 Å². The van der Waals surface area contributed by atoms with Crippen LogP contribution in [0.25, 0.3) is 0 Å². The van der Waals surface area contributed by atoms with Crippen LogP contribution in [-0.4, -0.2) is 42.7 Å². The number of hydrogen-bond donors (Lipinski definition) is 2. The summed E-state index contributed by atoms with van der Waals surface area (Å²) in [6.07, 6.45) is -2.24. The zero-order valence-electron chi connectivity index (χ0n) is 9.62. The summed E-state index contributed by atoms with van der Waals surface area (Å²) in [5, 5.41) is 11.0. The molecule has 7 heteroatoms. The van der Waals surface area contributed by atoms with E-state index in [0.29, 0.717) is 6.42 Å². The molecule has 1 amide bonds. The lowest BCUT2D eigenvalue weighted by atomic mass is 10.2. The van der Waals surface area contributed by atoms with Gasteiger partial charge in [0.2, 0.25) is 5.91 Å². The molecule has 1 atom stereocenters.